The van der Waals surface area contributed by atoms with E-state index in [-0.39, 0.29) is 16.1 Å². The van der Waals surface area contributed by atoms with Crippen LogP contribution in [0.4, 0.5) is 8.78 Å². The number of rotatable bonds is 2. The predicted octanol–water partition coefficient (Wildman–Crippen LogP) is 2.77. The Morgan fingerprint density at radius 2 is 2.23 bits per heavy atom. The maximum atomic E-state index is 12.3. The zero-order chi connectivity index (χ0) is 10.0. The molecule has 0 saturated carbocycles. The molecule has 1 heterocycles. The van der Waals surface area contributed by atoms with E-state index >= 15 is 0 Å². The molecule has 2 nitrogen and oxygen atoms in total. The van der Waals surface area contributed by atoms with Crippen LogP contribution in [0.25, 0.3) is 0 Å². The summed E-state index contributed by atoms with van der Waals surface area (Å²) in [4.78, 5) is 3.67. The molecule has 13 heavy (non-hydrogen) atoms. The van der Waals surface area contributed by atoms with Crippen LogP contribution >= 0.6 is 34.2 Å². The average Bonchev–Trinajstić information content (AvgIpc) is 2.09. The number of pyridine rings is 1. The molecule has 0 bridgehead atoms. The van der Waals surface area contributed by atoms with Gasteiger partial charge in [-0.15, -0.1) is 0 Å². The van der Waals surface area contributed by atoms with E-state index in [2.05, 4.69) is 4.98 Å². The van der Waals surface area contributed by atoms with Gasteiger partial charge < -0.3 is 5.11 Å². The van der Waals surface area contributed by atoms with Gasteiger partial charge in [0.05, 0.1) is 11.6 Å². The van der Waals surface area contributed by atoms with Gasteiger partial charge in [0.1, 0.15) is 3.70 Å². The number of aliphatic hydroxyl groups is 1. The van der Waals surface area contributed by atoms with Gasteiger partial charge in [0.2, 0.25) is 0 Å². The van der Waals surface area contributed by atoms with Crippen molar-refractivity contribution < 1.29 is 13.9 Å². The topological polar surface area (TPSA) is 33.1 Å². The van der Waals surface area contributed by atoms with Crippen molar-refractivity contribution in [3.63, 3.8) is 0 Å². The van der Waals surface area contributed by atoms with E-state index in [0.717, 1.165) is 6.20 Å². The second-order valence-electron chi connectivity index (χ2n) is 2.26. The predicted molar refractivity (Wildman–Crippen MR) is 52.8 cm³/mol. The summed E-state index contributed by atoms with van der Waals surface area (Å²) in [6.07, 6.45) is -1.63. The van der Waals surface area contributed by atoms with Crippen LogP contribution in [0.3, 0.4) is 0 Å². The second kappa shape index (κ2) is 4.47. The molecule has 1 N–H and O–H groups in total. The number of hydrogen-bond acceptors (Lipinski definition) is 2. The van der Waals surface area contributed by atoms with Crippen molar-refractivity contribution in [2.75, 3.05) is 0 Å². The van der Waals surface area contributed by atoms with Gasteiger partial charge in [-0.3, -0.25) is 0 Å². The molecule has 1 aromatic rings. The Labute approximate surface area is 92.1 Å². The first kappa shape index (κ1) is 11.1. The molecule has 0 spiro atoms. The first-order valence-corrected chi connectivity index (χ1v) is 4.75. The largest absolute Gasteiger partial charge is 0.392 e. The summed E-state index contributed by atoms with van der Waals surface area (Å²) in [5.74, 6) is 0. The third kappa shape index (κ3) is 2.26. The highest BCUT2D eigenvalue weighted by atomic mass is 127. The third-order valence-electron chi connectivity index (χ3n) is 1.50. The zero-order valence-corrected chi connectivity index (χ0v) is 9.18. The van der Waals surface area contributed by atoms with Crippen molar-refractivity contribution in [3.8, 4) is 0 Å². The van der Waals surface area contributed by atoms with Crippen molar-refractivity contribution in [1.29, 1.82) is 0 Å². The fraction of sp³-hybridized carbons (Fsp3) is 0.286. The van der Waals surface area contributed by atoms with Crippen LogP contribution in [0.2, 0.25) is 5.02 Å². The van der Waals surface area contributed by atoms with Crippen molar-refractivity contribution in [1.82, 2.24) is 4.98 Å². The Hall–Kier alpha value is -0.0100. The molecule has 1 aromatic heterocycles. The van der Waals surface area contributed by atoms with Gasteiger partial charge in [-0.05, 0) is 22.6 Å². The maximum absolute atomic E-state index is 12.3. The fourth-order valence-corrected chi connectivity index (χ4v) is 1.54. The van der Waals surface area contributed by atoms with Crippen LogP contribution in [0.15, 0.2) is 6.20 Å². The van der Waals surface area contributed by atoms with Crippen molar-refractivity contribution >= 4 is 34.2 Å². The van der Waals surface area contributed by atoms with E-state index in [9.17, 15) is 8.78 Å². The fourth-order valence-electron chi connectivity index (χ4n) is 0.861. The number of aromatic nitrogens is 1. The van der Waals surface area contributed by atoms with Crippen LogP contribution in [-0.4, -0.2) is 10.1 Å². The molecule has 0 aliphatic rings. The minimum absolute atomic E-state index is 0.0519. The Balaban J connectivity index is 3.30. The average molecular weight is 319 g/mol. The molecule has 0 aromatic carbocycles. The molecule has 0 radical (unpaired) electrons. The molecule has 0 amide bonds. The number of nitrogens with zero attached hydrogens (tertiary/aromatic N) is 1. The lowest BCUT2D eigenvalue weighted by molar-refractivity contribution is 0.146. The third-order valence-corrected chi connectivity index (χ3v) is 3.05. The molecule has 6 heteroatoms. The van der Waals surface area contributed by atoms with Crippen LogP contribution in [0.5, 0.6) is 0 Å². The molecule has 72 valence electrons. The first-order chi connectivity index (χ1) is 6.07. The summed E-state index contributed by atoms with van der Waals surface area (Å²) in [5, 5.41) is 8.92. The second-order valence-corrected chi connectivity index (χ2v) is 3.66. The summed E-state index contributed by atoms with van der Waals surface area (Å²) in [5.41, 5.74) is -0.260. The summed E-state index contributed by atoms with van der Waals surface area (Å²) in [6.45, 7) is -0.503. The normalized spacial score (nSPS) is 10.9. The Kier molecular flexibility index (Phi) is 3.81. The molecule has 0 saturated heterocycles. The van der Waals surface area contributed by atoms with E-state index in [1.807, 2.05) is 22.6 Å². The molecular formula is C7H5ClF2INO. The van der Waals surface area contributed by atoms with Gasteiger partial charge in [-0.25, -0.2) is 13.8 Å². The summed E-state index contributed by atoms with van der Waals surface area (Å²) < 4.78 is 25.0. The molecule has 1 rings (SSSR count). The monoisotopic (exact) mass is 319 g/mol. The zero-order valence-electron chi connectivity index (χ0n) is 6.27. The highest BCUT2D eigenvalue weighted by molar-refractivity contribution is 14.1. The Morgan fingerprint density at radius 1 is 1.62 bits per heavy atom. The quantitative estimate of drug-likeness (QED) is 0.672. The van der Waals surface area contributed by atoms with Crippen LogP contribution < -0.4 is 0 Å². The van der Waals surface area contributed by atoms with Crippen molar-refractivity contribution in [2.45, 2.75) is 13.0 Å². The number of alkyl halides is 2. The van der Waals surface area contributed by atoms with Gasteiger partial charge in [-0.1, -0.05) is 11.6 Å². The minimum Gasteiger partial charge on any atom is -0.392 e. The Bertz CT molecular complexity index is 322. The molecule has 0 atom stereocenters. The van der Waals surface area contributed by atoms with Gasteiger partial charge in [-0.2, -0.15) is 0 Å². The number of hydrogen-bond donors (Lipinski definition) is 1. The lowest BCUT2D eigenvalue weighted by atomic mass is 10.1. The van der Waals surface area contributed by atoms with E-state index in [4.69, 9.17) is 16.7 Å². The summed E-state index contributed by atoms with van der Waals surface area (Å²) in [6, 6.07) is 0. The number of aliphatic hydroxyl groups excluding tert-OH is 1. The highest BCUT2D eigenvalue weighted by Gasteiger charge is 2.17. The number of halogens is 4. The van der Waals surface area contributed by atoms with Crippen molar-refractivity contribution in [2.24, 2.45) is 0 Å². The lowest BCUT2D eigenvalue weighted by Gasteiger charge is -2.08. The summed E-state index contributed by atoms with van der Waals surface area (Å²) >= 11 is 7.49. The maximum Gasteiger partial charge on any atom is 0.265 e. The summed E-state index contributed by atoms with van der Waals surface area (Å²) in [7, 11) is 0. The minimum atomic E-state index is -2.66. The molecule has 0 unspecified atom stereocenters. The van der Waals surface area contributed by atoms with Gasteiger partial charge in [0.25, 0.3) is 6.43 Å². The Morgan fingerprint density at radius 3 is 2.69 bits per heavy atom. The standard InChI is InChI=1S/C7H5ClF2INO/c8-5-4(2-13)3(6(9)10)1-12-7(5)11/h1,6,13H,2H2. The first-order valence-electron chi connectivity index (χ1n) is 3.29. The van der Waals surface area contributed by atoms with Gasteiger partial charge in [0, 0.05) is 17.3 Å². The van der Waals surface area contributed by atoms with Crippen molar-refractivity contribution in [3.05, 3.63) is 26.0 Å². The van der Waals surface area contributed by atoms with Crippen LogP contribution in [-0.2, 0) is 6.61 Å². The highest BCUT2D eigenvalue weighted by Crippen LogP contribution is 2.29. The smallest absolute Gasteiger partial charge is 0.265 e. The van der Waals surface area contributed by atoms with Gasteiger partial charge >= 0.3 is 0 Å². The van der Waals surface area contributed by atoms with E-state index < -0.39 is 13.0 Å². The lowest BCUT2D eigenvalue weighted by Crippen LogP contribution is -1.99. The van der Waals surface area contributed by atoms with Crippen LogP contribution in [0.1, 0.15) is 17.6 Å². The van der Waals surface area contributed by atoms with E-state index in [1.54, 1.807) is 0 Å². The van der Waals surface area contributed by atoms with E-state index in [0.29, 0.717) is 3.70 Å². The van der Waals surface area contributed by atoms with Gasteiger partial charge in [0.15, 0.2) is 0 Å². The molecular weight excluding hydrogens is 314 g/mol. The molecule has 0 aliphatic heterocycles. The SMILES string of the molecule is OCc1c(C(F)F)cnc(I)c1Cl. The van der Waals surface area contributed by atoms with E-state index in [1.165, 1.54) is 0 Å². The molecule has 0 aliphatic carbocycles. The van der Waals surface area contributed by atoms with Crippen LogP contribution in [0, 0.1) is 3.70 Å². The molecule has 0 fully saturated rings.